The molecule has 0 unspecified atom stereocenters. The highest BCUT2D eigenvalue weighted by molar-refractivity contribution is 5.83. The fourth-order valence-corrected chi connectivity index (χ4v) is 12.1. The quantitative estimate of drug-likeness (QED) is 0.220. The zero-order valence-corrected chi connectivity index (χ0v) is 37.8. The van der Waals surface area contributed by atoms with Crippen LogP contribution in [-0.4, -0.2) is 119 Å². The number of hydrogen-bond donors (Lipinski definition) is 4. The van der Waals surface area contributed by atoms with E-state index in [0.29, 0.717) is 47.9 Å². The van der Waals surface area contributed by atoms with Crippen LogP contribution in [0.15, 0.2) is 46.0 Å². The maximum atomic E-state index is 13.4. The number of pyridine rings is 2. The molecular weight excluding hydrogens is 813 g/mol. The topological polar surface area (TPSA) is 168 Å². The predicted octanol–water partition coefficient (Wildman–Crippen LogP) is 3.60. The number of carbonyl (C=O) groups excluding carboxylic acids is 2. The van der Waals surface area contributed by atoms with Crippen molar-refractivity contribution in [2.24, 2.45) is 47.3 Å². The van der Waals surface area contributed by atoms with E-state index in [1.807, 2.05) is 59.4 Å². The third-order valence-electron chi connectivity index (χ3n) is 15.8. The highest BCUT2D eigenvalue weighted by atomic mass is 16.5. The number of aliphatic hydroxyl groups is 2. The highest BCUT2D eigenvalue weighted by Gasteiger charge is 2.57. The van der Waals surface area contributed by atoms with Gasteiger partial charge in [-0.2, -0.15) is 0 Å². The maximum Gasteiger partial charge on any atom is 0.258 e. The number of aliphatic hydroxyl groups excluding tert-OH is 2. The van der Waals surface area contributed by atoms with Gasteiger partial charge in [0.05, 0.1) is 24.2 Å². The first-order chi connectivity index (χ1) is 31.2. The van der Waals surface area contributed by atoms with E-state index in [9.17, 15) is 29.4 Å². The number of carbonyl (C=O) groups is 2. The van der Waals surface area contributed by atoms with Gasteiger partial charge in [-0.05, 0) is 113 Å². The lowest BCUT2D eigenvalue weighted by Crippen LogP contribution is -2.50. The molecule has 4 saturated heterocycles. The standard InChI is InChI=1S/2C25H35N3O4/c2*1-2-3-18-6-7-21-22-19(14-27(21)25(18)31)20(15-29)23(24(30)26-12-16-4-5-16)28(22)13-17-8-10-32-11-9-17/h2*2-3,6-7,16-17,19-20,22-23,29H,4-5,8-15H2,1H3,(H,26,30)/b3-2+;3-2-/t2*19-,20-,22+,23-/m11/s1. The normalized spacial score (nSPS) is 30.6. The number of likely N-dealkylation sites (tertiary alicyclic amines) is 2. The van der Waals surface area contributed by atoms with Crippen molar-refractivity contribution >= 4 is 24.0 Å². The molecule has 8 atom stereocenters. The molecule has 0 radical (unpaired) electrons. The van der Waals surface area contributed by atoms with Crippen molar-refractivity contribution < 1.29 is 29.3 Å². The van der Waals surface area contributed by atoms with Crippen LogP contribution in [0, 0.1) is 47.3 Å². The number of ether oxygens (including phenoxy) is 2. The van der Waals surface area contributed by atoms with Gasteiger partial charge in [0.2, 0.25) is 11.8 Å². The molecule has 6 aliphatic heterocycles. The van der Waals surface area contributed by atoms with E-state index >= 15 is 0 Å². The van der Waals surface area contributed by atoms with Gasteiger partial charge < -0.3 is 39.5 Å². The Morgan fingerprint density at radius 1 is 0.609 bits per heavy atom. The predicted molar refractivity (Wildman–Crippen MR) is 244 cm³/mol. The first-order valence-electron chi connectivity index (χ1n) is 24.4. The van der Waals surface area contributed by atoms with Gasteiger partial charge in [0.1, 0.15) is 0 Å². The van der Waals surface area contributed by atoms with Crippen LogP contribution in [-0.2, 0) is 32.2 Å². The number of hydrogen-bond acceptors (Lipinski definition) is 10. The number of fused-ring (bicyclic) bond motifs is 6. The number of allylic oxidation sites excluding steroid dienone is 2. The molecule has 14 heteroatoms. The van der Waals surface area contributed by atoms with Gasteiger partial charge in [-0.3, -0.25) is 29.0 Å². The van der Waals surface area contributed by atoms with Crippen LogP contribution < -0.4 is 21.8 Å². The maximum absolute atomic E-state index is 13.4. The summed E-state index contributed by atoms with van der Waals surface area (Å²) < 4.78 is 14.9. The first kappa shape index (κ1) is 45.2. The van der Waals surface area contributed by atoms with Gasteiger partial charge in [-0.15, -0.1) is 0 Å². The molecule has 348 valence electrons. The fraction of sp³-hybridized carbons (Fsp3) is 0.680. The highest BCUT2D eigenvalue weighted by Crippen LogP contribution is 2.51. The molecule has 0 bridgehead atoms. The van der Waals surface area contributed by atoms with E-state index in [1.54, 1.807) is 0 Å². The molecule has 2 saturated carbocycles. The van der Waals surface area contributed by atoms with Crippen LogP contribution in [0.25, 0.3) is 12.2 Å². The van der Waals surface area contributed by atoms with Crippen molar-refractivity contribution in [3.05, 3.63) is 79.6 Å². The summed E-state index contributed by atoms with van der Waals surface area (Å²) in [6.45, 7) is 11.0. The second kappa shape index (κ2) is 19.9. The number of nitrogens with one attached hydrogen (secondary N) is 2. The summed E-state index contributed by atoms with van der Waals surface area (Å²) in [5, 5.41) is 27.2. The van der Waals surface area contributed by atoms with E-state index in [4.69, 9.17) is 9.47 Å². The monoisotopic (exact) mass is 883 g/mol. The van der Waals surface area contributed by atoms with Crippen LogP contribution in [0.5, 0.6) is 0 Å². The SMILES string of the molecule is C/C=C/c1ccc2n(c1=O)C[C@@H]1[C@@H](CO)[C@H](C(=O)NCC3CC3)N(CC3CCOCC3)[C@H]21.C/C=C\c1ccc2n(c1=O)C[C@@H]1[C@@H](CO)[C@H](C(=O)NCC3CC3)N(CC3CCOCC3)[C@H]21. The van der Waals surface area contributed by atoms with Crippen LogP contribution in [0.2, 0.25) is 0 Å². The lowest BCUT2D eigenvalue weighted by molar-refractivity contribution is -0.129. The van der Waals surface area contributed by atoms with Crippen molar-refractivity contribution in [1.82, 2.24) is 29.6 Å². The second-order valence-corrected chi connectivity index (χ2v) is 19.9. The fourth-order valence-electron chi connectivity index (χ4n) is 12.1. The Morgan fingerprint density at radius 3 is 1.34 bits per heavy atom. The molecule has 0 aromatic carbocycles. The van der Waals surface area contributed by atoms with Gasteiger partial charge in [0.25, 0.3) is 11.1 Å². The van der Waals surface area contributed by atoms with Gasteiger partial charge >= 0.3 is 0 Å². The summed E-state index contributed by atoms with van der Waals surface area (Å²) in [5.74, 6) is 1.99. The molecule has 0 spiro atoms. The number of nitrogens with zero attached hydrogens (tertiary/aromatic N) is 4. The van der Waals surface area contributed by atoms with E-state index in [-0.39, 0.29) is 84.0 Å². The first-order valence-corrected chi connectivity index (χ1v) is 24.4. The molecule has 10 rings (SSSR count). The van der Waals surface area contributed by atoms with Gasteiger partial charge in [0.15, 0.2) is 0 Å². The van der Waals surface area contributed by atoms with Crippen LogP contribution in [0.1, 0.15) is 99.8 Å². The average molecular weight is 883 g/mol. The summed E-state index contributed by atoms with van der Waals surface area (Å²) in [6, 6.07) is 7.17. The number of amides is 2. The zero-order valence-electron chi connectivity index (χ0n) is 37.8. The van der Waals surface area contributed by atoms with Gasteiger partial charge in [-0.1, -0.05) is 24.3 Å². The molecule has 64 heavy (non-hydrogen) atoms. The van der Waals surface area contributed by atoms with Gasteiger partial charge in [-0.25, -0.2) is 0 Å². The lowest BCUT2D eigenvalue weighted by Gasteiger charge is -2.35. The van der Waals surface area contributed by atoms with Crippen LogP contribution in [0.3, 0.4) is 0 Å². The van der Waals surface area contributed by atoms with Crippen molar-refractivity contribution in [2.75, 3.05) is 65.8 Å². The summed E-state index contributed by atoms with van der Waals surface area (Å²) in [6.07, 6.45) is 16.2. The van der Waals surface area contributed by atoms with Crippen LogP contribution >= 0.6 is 0 Å². The van der Waals surface area contributed by atoms with Crippen molar-refractivity contribution in [3.63, 3.8) is 0 Å². The third-order valence-corrected chi connectivity index (χ3v) is 15.8. The smallest absolute Gasteiger partial charge is 0.258 e. The summed E-state index contributed by atoms with van der Waals surface area (Å²) in [5.41, 5.74) is 3.38. The molecule has 6 fully saturated rings. The second-order valence-electron chi connectivity index (χ2n) is 19.9. The van der Waals surface area contributed by atoms with E-state index in [2.05, 4.69) is 32.6 Å². The summed E-state index contributed by atoms with van der Waals surface area (Å²) in [7, 11) is 0. The number of rotatable bonds is 14. The van der Waals surface area contributed by atoms with Crippen molar-refractivity contribution in [2.45, 2.75) is 102 Å². The Balaban J connectivity index is 0.000000162. The summed E-state index contributed by atoms with van der Waals surface area (Å²) >= 11 is 0. The van der Waals surface area contributed by atoms with Crippen LogP contribution in [0.4, 0.5) is 0 Å². The summed E-state index contributed by atoms with van der Waals surface area (Å²) in [4.78, 5) is 57.6. The minimum atomic E-state index is -0.351. The molecular formula is C50H70N6O8. The lowest BCUT2D eigenvalue weighted by atomic mass is 9.88. The zero-order chi connectivity index (χ0) is 44.5. The minimum Gasteiger partial charge on any atom is -0.396 e. The van der Waals surface area contributed by atoms with E-state index in [0.717, 1.165) is 89.7 Å². The Labute approximate surface area is 377 Å². The average Bonchev–Trinajstić information content (AvgIpc) is 4.20. The molecule has 2 aromatic rings. The molecule has 8 heterocycles. The van der Waals surface area contributed by atoms with E-state index in [1.165, 1.54) is 25.7 Å². The van der Waals surface area contributed by atoms with E-state index < -0.39 is 0 Å². The Morgan fingerprint density at radius 2 is 1.00 bits per heavy atom. The minimum absolute atomic E-state index is 0.0148. The largest absolute Gasteiger partial charge is 0.396 e. The Bertz CT molecular complexity index is 2010. The Hall–Kier alpha value is -3.92. The van der Waals surface area contributed by atoms with Crippen molar-refractivity contribution in [3.8, 4) is 0 Å². The number of aromatic nitrogens is 2. The molecule has 2 amide bonds. The van der Waals surface area contributed by atoms with Gasteiger partial charge in [0, 0.05) is 125 Å². The molecule has 14 nitrogen and oxygen atoms in total. The van der Waals surface area contributed by atoms with Crippen molar-refractivity contribution in [1.29, 1.82) is 0 Å². The molecule has 2 aliphatic carbocycles. The molecule has 4 N–H and O–H groups in total. The molecule has 2 aromatic heterocycles. The third kappa shape index (κ3) is 9.12. The Kier molecular flexibility index (Phi) is 14.1. The molecule has 8 aliphatic rings.